The van der Waals surface area contributed by atoms with Crippen molar-refractivity contribution in [3.8, 4) is 11.4 Å². The van der Waals surface area contributed by atoms with Crippen molar-refractivity contribution in [3.63, 3.8) is 0 Å². The Morgan fingerprint density at radius 1 is 0.926 bits per heavy atom. The van der Waals surface area contributed by atoms with E-state index < -0.39 is 0 Å². The summed E-state index contributed by atoms with van der Waals surface area (Å²) in [6, 6.07) is 18.1. The number of likely N-dealkylation sites (N-methyl/N-ethyl adjacent to an activating group) is 1. The Bertz CT molecular complexity index is 1040. The highest BCUT2D eigenvalue weighted by Crippen LogP contribution is 2.32. The number of para-hydroxylation sites is 1. The van der Waals surface area contributed by atoms with Crippen molar-refractivity contribution in [1.82, 2.24) is 14.9 Å². The van der Waals surface area contributed by atoms with E-state index >= 15 is 0 Å². The van der Waals surface area contributed by atoms with E-state index in [2.05, 4.69) is 24.1 Å². The Balaban J connectivity index is 1.78. The van der Waals surface area contributed by atoms with E-state index in [0.717, 1.165) is 59.6 Å². The standard InChI is InChI=1S/C22H24N4O/c1-3-26(4-2)15-14-23-22-20-19(17-12-8-9-13-18(17)27-20)24-21(25-22)16-10-6-5-7-11-16/h5-13H,3-4,14-15H2,1-2H3,(H,23,24,25). The molecule has 0 saturated carbocycles. The maximum absolute atomic E-state index is 6.08. The molecular formula is C22H24N4O. The van der Waals surface area contributed by atoms with Crippen LogP contribution < -0.4 is 5.32 Å². The number of nitrogens with zero attached hydrogens (tertiary/aromatic N) is 3. The highest BCUT2D eigenvalue weighted by molar-refractivity contribution is 6.06. The molecule has 2 aromatic heterocycles. The van der Waals surface area contributed by atoms with E-state index in [-0.39, 0.29) is 0 Å². The SMILES string of the molecule is CCN(CC)CCNc1nc(-c2ccccc2)nc2c1oc1ccccc12. The minimum absolute atomic E-state index is 0.708. The van der Waals surface area contributed by atoms with Crippen LogP contribution in [0.2, 0.25) is 0 Å². The zero-order valence-electron chi connectivity index (χ0n) is 15.8. The van der Waals surface area contributed by atoms with Crippen LogP contribution in [-0.2, 0) is 0 Å². The van der Waals surface area contributed by atoms with Crippen LogP contribution in [0, 0.1) is 0 Å². The van der Waals surface area contributed by atoms with Gasteiger partial charge in [0.2, 0.25) is 0 Å². The van der Waals surface area contributed by atoms with Crippen molar-refractivity contribution in [3.05, 3.63) is 54.6 Å². The Kier molecular flexibility index (Phi) is 5.03. The van der Waals surface area contributed by atoms with E-state index in [1.165, 1.54) is 0 Å². The van der Waals surface area contributed by atoms with Gasteiger partial charge in [0.15, 0.2) is 17.2 Å². The molecule has 0 fully saturated rings. The first kappa shape index (κ1) is 17.5. The number of hydrogen-bond donors (Lipinski definition) is 1. The van der Waals surface area contributed by atoms with Crippen molar-refractivity contribution in [1.29, 1.82) is 0 Å². The fourth-order valence-corrected chi connectivity index (χ4v) is 3.30. The molecule has 0 radical (unpaired) electrons. The molecule has 1 N–H and O–H groups in total. The maximum Gasteiger partial charge on any atom is 0.196 e. The van der Waals surface area contributed by atoms with Crippen LogP contribution in [0.15, 0.2) is 59.0 Å². The van der Waals surface area contributed by atoms with Crippen molar-refractivity contribution >= 4 is 27.9 Å². The maximum atomic E-state index is 6.08. The highest BCUT2D eigenvalue weighted by atomic mass is 16.3. The van der Waals surface area contributed by atoms with Gasteiger partial charge < -0.3 is 14.6 Å². The van der Waals surface area contributed by atoms with Crippen molar-refractivity contribution in [2.75, 3.05) is 31.5 Å². The third-order valence-electron chi connectivity index (χ3n) is 4.87. The van der Waals surface area contributed by atoms with Crippen molar-refractivity contribution < 1.29 is 4.42 Å². The number of furan rings is 1. The molecule has 0 bridgehead atoms. The summed E-state index contributed by atoms with van der Waals surface area (Å²) < 4.78 is 6.08. The summed E-state index contributed by atoms with van der Waals surface area (Å²) in [5.74, 6) is 1.46. The van der Waals surface area contributed by atoms with Gasteiger partial charge in [0, 0.05) is 24.0 Å². The molecule has 2 heterocycles. The lowest BCUT2D eigenvalue weighted by Crippen LogP contribution is -2.28. The summed E-state index contributed by atoms with van der Waals surface area (Å²) in [5.41, 5.74) is 3.40. The van der Waals surface area contributed by atoms with Gasteiger partial charge >= 0.3 is 0 Å². The van der Waals surface area contributed by atoms with Gasteiger partial charge in [0.25, 0.3) is 0 Å². The lowest BCUT2D eigenvalue weighted by Gasteiger charge is -2.18. The molecule has 0 aliphatic carbocycles. The third kappa shape index (κ3) is 3.51. The average Bonchev–Trinajstić information content (AvgIpc) is 3.11. The average molecular weight is 360 g/mol. The highest BCUT2D eigenvalue weighted by Gasteiger charge is 2.16. The first-order valence-electron chi connectivity index (χ1n) is 9.51. The van der Waals surface area contributed by atoms with Crippen LogP contribution in [0.5, 0.6) is 0 Å². The van der Waals surface area contributed by atoms with Gasteiger partial charge in [-0.2, -0.15) is 0 Å². The van der Waals surface area contributed by atoms with Crippen LogP contribution in [-0.4, -0.2) is 41.0 Å². The summed E-state index contributed by atoms with van der Waals surface area (Å²) in [6.45, 7) is 8.20. The molecule has 4 rings (SSSR count). The van der Waals surface area contributed by atoms with E-state index in [4.69, 9.17) is 14.4 Å². The van der Waals surface area contributed by atoms with Crippen LogP contribution in [0.1, 0.15) is 13.8 Å². The van der Waals surface area contributed by atoms with Gasteiger partial charge in [0.05, 0.1) is 0 Å². The molecule has 0 saturated heterocycles. The molecular weight excluding hydrogens is 336 g/mol. The van der Waals surface area contributed by atoms with Gasteiger partial charge in [0.1, 0.15) is 11.1 Å². The van der Waals surface area contributed by atoms with Gasteiger partial charge in [-0.3, -0.25) is 0 Å². The number of fused-ring (bicyclic) bond motifs is 3. The monoisotopic (exact) mass is 360 g/mol. The molecule has 0 atom stereocenters. The number of hydrogen-bond acceptors (Lipinski definition) is 5. The second kappa shape index (κ2) is 7.76. The first-order chi connectivity index (χ1) is 13.3. The normalized spacial score (nSPS) is 11.5. The molecule has 0 amide bonds. The fourth-order valence-electron chi connectivity index (χ4n) is 3.30. The topological polar surface area (TPSA) is 54.2 Å². The van der Waals surface area contributed by atoms with E-state index in [1.54, 1.807) is 0 Å². The smallest absolute Gasteiger partial charge is 0.196 e. The van der Waals surface area contributed by atoms with Crippen LogP contribution >= 0.6 is 0 Å². The Labute approximate surface area is 159 Å². The largest absolute Gasteiger partial charge is 0.450 e. The van der Waals surface area contributed by atoms with Gasteiger partial charge in [-0.25, -0.2) is 9.97 Å². The molecule has 138 valence electrons. The minimum Gasteiger partial charge on any atom is -0.450 e. The van der Waals surface area contributed by atoms with Crippen LogP contribution in [0.3, 0.4) is 0 Å². The number of benzene rings is 2. The summed E-state index contributed by atoms with van der Waals surface area (Å²) in [7, 11) is 0. The Morgan fingerprint density at radius 2 is 1.67 bits per heavy atom. The predicted octanol–water partition coefficient (Wildman–Crippen LogP) is 4.80. The predicted molar refractivity (Wildman–Crippen MR) is 111 cm³/mol. The lowest BCUT2D eigenvalue weighted by atomic mass is 10.2. The Morgan fingerprint density at radius 3 is 2.44 bits per heavy atom. The van der Waals surface area contributed by atoms with Crippen molar-refractivity contribution in [2.45, 2.75) is 13.8 Å². The van der Waals surface area contributed by atoms with Gasteiger partial charge in [-0.05, 0) is 25.2 Å². The molecule has 27 heavy (non-hydrogen) atoms. The van der Waals surface area contributed by atoms with Crippen LogP contribution in [0.25, 0.3) is 33.5 Å². The molecule has 0 aliphatic rings. The van der Waals surface area contributed by atoms with E-state index in [9.17, 15) is 0 Å². The molecule has 0 unspecified atom stereocenters. The van der Waals surface area contributed by atoms with E-state index in [0.29, 0.717) is 5.82 Å². The molecule has 0 aliphatic heterocycles. The van der Waals surface area contributed by atoms with E-state index in [1.807, 2.05) is 54.6 Å². The number of anilines is 1. The minimum atomic E-state index is 0.708. The quantitative estimate of drug-likeness (QED) is 0.513. The van der Waals surface area contributed by atoms with Crippen LogP contribution in [0.4, 0.5) is 5.82 Å². The Hall–Kier alpha value is -2.92. The molecule has 5 nitrogen and oxygen atoms in total. The number of rotatable bonds is 7. The molecule has 4 aromatic rings. The van der Waals surface area contributed by atoms with Crippen molar-refractivity contribution in [2.24, 2.45) is 0 Å². The molecule has 0 spiro atoms. The van der Waals surface area contributed by atoms with Gasteiger partial charge in [-0.15, -0.1) is 0 Å². The lowest BCUT2D eigenvalue weighted by molar-refractivity contribution is 0.316. The molecule has 2 aromatic carbocycles. The summed E-state index contributed by atoms with van der Waals surface area (Å²) in [5, 5.41) is 4.48. The number of aromatic nitrogens is 2. The first-order valence-corrected chi connectivity index (χ1v) is 9.51. The third-order valence-corrected chi connectivity index (χ3v) is 4.87. The zero-order chi connectivity index (χ0) is 18.6. The van der Waals surface area contributed by atoms with Gasteiger partial charge in [-0.1, -0.05) is 56.3 Å². The summed E-state index contributed by atoms with van der Waals surface area (Å²) >= 11 is 0. The summed E-state index contributed by atoms with van der Waals surface area (Å²) in [6.07, 6.45) is 0. The second-order valence-electron chi connectivity index (χ2n) is 6.49. The zero-order valence-corrected chi connectivity index (χ0v) is 15.8. The number of nitrogens with one attached hydrogen (secondary N) is 1. The molecule has 5 heteroatoms. The fraction of sp³-hybridized carbons (Fsp3) is 0.273. The summed E-state index contributed by atoms with van der Waals surface area (Å²) in [4.78, 5) is 12.0. The second-order valence-corrected chi connectivity index (χ2v) is 6.49.